The standard InChI is InChI=1S/C17H17ClN2O3/c1-10(2)13-6-4-5-11(3)16(13)19-17(21)12-7-8-15(20(22)23)14(18)9-12/h4-10H,1-3H3,(H,19,21). The molecule has 0 aliphatic carbocycles. The molecule has 2 aromatic rings. The van der Waals surface area contributed by atoms with Crippen molar-refractivity contribution in [3.8, 4) is 0 Å². The Bertz CT molecular complexity index is 772. The number of carbonyl (C=O) groups is 1. The lowest BCUT2D eigenvalue weighted by Gasteiger charge is -2.16. The van der Waals surface area contributed by atoms with E-state index in [2.05, 4.69) is 5.32 Å². The van der Waals surface area contributed by atoms with E-state index in [1.807, 2.05) is 39.0 Å². The van der Waals surface area contributed by atoms with E-state index in [1.165, 1.54) is 18.2 Å². The molecule has 0 heterocycles. The molecule has 1 N–H and O–H groups in total. The second-order valence-electron chi connectivity index (χ2n) is 5.57. The van der Waals surface area contributed by atoms with E-state index in [-0.39, 0.29) is 28.1 Å². The first-order valence-corrected chi connectivity index (χ1v) is 7.54. The SMILES string of the molecule is Cc1cccc(C(C)C)c1NC(=O)c1ccc([N+](=O)[O-])c(Cl)c1. The zero-order valence-electron chi connectivity index (χ0n) is 13.1. The van der Waals surface area contributed by atoms with Crippen LogP contribution in [0.25, 0.3) is 0 Å². The monoisotopic (exact) mass is 332 g/mol. The van der Waals surface area contributed by atoms with Crippen LogP contribution in [0.3, 0.4) is 0 Å². The number of nitrogens with zero attached hydrogens (tertiary/aromatic N) is 1. The third-order valence-corrected chi connectivity index (χ3v) is 3.87. The summed E-state index contributed by atoms with van der Waals surface area (Å²) in [4.78, 5) is 22.6. The van der Waals surface area contributed by atoms with Gasteiger partial charge < -0.3 is 5.32 Å². The summed E-state index contributed by atoms with van der Waals surface area (Å²) < 4.78 is 0. The first-order chi connectivity index (χ1) is 10.8. The quantitative estimate of drug-likeness (QED) is 0.637. The van der Waals surface area contributed by atoms with E-state index < -0.39 is 4.92 Å². The summed E-state index contributed by atoms with van der Waals surface area (Å²) in [5.74, 6) is -0.0938. The van der Waals surface area contributed by atoms with Crippen LogP contribution in [0.1, 0.15) is 41.3 Å². The number of benzene rings is 2. The largest absolute Gasteiger partial charge is 0.321 e. The zero-order chi connectivity index (χ0) is 17.1. The smallest absolute Gasteiger partial charge is 0.287 e. The Balaban J connectivity index is 2.33. The van der Waals surface area contributed by atoms with Crippen molar-refractivity contribution in [1.29, 1.82) is 0 Å². The predicted octanol–water partition coefficient (Wildman–Crippen LogP) is 4.93. The van der Waals surface area contributed by atoms with Crippen molar-refractivity contribution in [3.63, 3.8) is 0 Å². The summed E-state index contributed by atoms with van der Waals surface area (Å²) in [6, 6.07) is 9.77. The summed E-state index contributed by atoms with van der Waals surface area (Å²) in [6.07, 6.45) is 0. The van der Waals surface area contributed by atoms with Gasteiger partial charge >= 0.3 is 0 Å². The number of nitro groups is 1. The van der Waals surface area contributed by atoms with Crippen molar-refractivity contribution in [2.24, 2.45) is 0 Å². The molecule has 2 rings (SSSR count). The summed E-state index contributed by atoms with van der Waals surface area (Å²) >= 11 is 5.86. The average molecular weight is 333 g/mol. The van der Waals surface area contributed by atoms with Gasteiger partial charge in [0, 0.05) is 17.3 Å². The van der Waals surface area contributed by atoms with Gasteiger partial charge in [0.05, 0.1) is 4.92 Å². The first-order valence-electron chi connectivity index (χ1n) is 7.16. The molecule has 1 amide bonds. The molecule has 0 aliphatic rings. The molecule has 0 spiro atoms. The fourth-order valence-corrected chi connectivity index (χ4v) is 2.57. The van der Waals surface area contributed by atoms with Gasteiger partial charge in [-0.25, -0.2) is 0 Å². The van der Waals surface area contributed by atoms with Gasteiger partial charge in [0.2, 0.25) is 0 Å². The Morgan fingerprint density at radius 3 is 2.52 bits per heavy atom. The highest BCUT2D eigenvalue weighted by Gasteiger charge is 2.17. The molecule has 120 valence electrons. The Labute approximate surface area is 139 Å². The summed E-state index contributed by atoms with van der Waals surface area (Å²) in [5.41, 5.74) is 2.81. The predicted molar refractivity (Wildman–Crippen MR) is 91.3 cm³/mol. The maximum absolute atomic E-state index is 12.4. The van der Waals surface area contributed by atoms with Crippen LogP contribution in [0.2, 0.25) is 5.02 Å². The lowest BCUT2D eigenvalue weighted by atomic mass is 9.98. The third-order valence-electron chi connectivity index (χ3n) is 3.57. The van der Waals surface area contributed by atoms with Gasteiger partial charge in [-0.3, -0.25) is 14.9 Å². The molecule has 0 fully saturated rings. The highest BCUT2D eigenvalue weighted by Crippen LogP contribution is 2.29. The molecule has 6 heteroatoms. The Hall–Kier alpha value is -2.40. The van der Waals surface area contributed by atoms with Gasteiger partial charge in [0.1, 0.15) is 5.02 Å². The topological polar surface area (TPSA) is 72.2 Å². The minimum Gasteiger partial charge on any atom is -0.321 e. The van der Waals surface area contributed by atoms with Crippen LogP contribution in [-0.4, -0.2) is 10.8 Å². The average Bonchev–Trinajstić information content (AvgIpc) is 2.48. The van der Waals surface area contributed by atoms with Crippen molar-refractivity contribution in [2.45, 2.75) is 26.7 Å². The second kappa shape index (κ2) is 6.79. The number of carbonyl (C=O) groups excluding carboxylic acids is 1. The van der Waals surface area contributed by atoms with Gasteiger partial charge in [0.15, 0.2) is 0 Å². The van der Waals surface area contributed by atoms with E-state index in [4.69, 9.17) is 11.6 Å². The Morgan fingerprint density at radius 1 is 1.26 bits per heavy atom. The summed E-state index contributed by atoms with van der Waals surface area (Å²) in [5, 5.41) is 13.6. The van der Waals surface area contributed by atoms with Gasteiger partial charge in [-0.2, -0.15) is 0 Å². The van der Waals surface area contributed by atoms with E-state index in [0.29, 0.717) is 0 Å². The molecule has 2 aromatic carbocycles. The van der Waals surface area contributed by atoms with E-state index in [9.17, 15) is 14.9 Å². The number of hydrogen-bond acceptors (Lipinski definition) is 3. The fourth-order valence-electron chi connectivity index (χ4n) is 2.32. The van der Waals surface area contributed by atoms with Crippen LogP contribution < -0.4 is 5.32 Å². The summed E-state index contributed by atoms with van der Waals surface area (Å²) in [6.45, 7) is 6.02. The molecule has 0 saturated carbocycles. The van der Waals surface area contributed by atoms with Gasteiger partial charge in [-0.1, -0.05) is 43.6 Å². The van der Waals surface area contributed by atoms with Crippen LogP contribution in [0.4, 0.5) is 11.4 Å². The van der Waals surface area contributed by atoms with E-state index in [1.54, 1.807) is 0 Å². The number of aryl methyl sites for hydroxylation is 1. The van der Waals surface area contributed by atoms with Crippen molar-refractivity contribution >= 4 is 28.9 Å². The number of amides is 1. The number of nitro benzene ring substituents is 1. The molecule has 23 heavy (non-hydrogen) atoms. The Morgan fingerprint density at radius 2 is 1.96 bits per heavy atom. The van der Waals surface area contributed by atoms with Gasteiger partial charge in [-0.15, -0.1) is 0 Å². The number of nitrogens with one attached hydrogen (secondary N) is 1. The number of hydrogen-bond donors (Lipinski definition) is 1. The lowest BCUT2D eigenvalue weighted by Crippen LogP contribution is -2.15. The molecule has 0 aromatic heterocycles. The van der Waals surface area contributed by atoms with Crippen molar-refractivity contribution < 1.29 is 9.72 Å². The van der Waals surface area contributed by atoms with E-state index >= 15 is 0 Å². The van der Waals surface area contributed by atoms with Crippen LogP contribution in [0.5, 0.6) is 0 Å². The first kappa shape index (κ1) is 17.0. The number of para-hydroxylation sites is 1. The van der Waals surface area contributed by atoms with Crippen LogP contribution in [0, 0.1) is 17.0 Å². The molecular formula is C17H17ClN2O3. The highest BCUT2D eigenvalue weighted by atomic mass is 35.5. The van der Waals surface area contributed by atoms with Crippen LogP contribution in [-0.2, 0) is 0 Å². The van der Waals surface area contributed by atoms with Crippen LogP contribution >= 0.6 is 11.6 Å². The molecule has 0 unspecified atom stereocenters. The highest BCUT2D eigenvalue weighted by molar-refractivity contribution is 6.33. The zero-order valence-corrected chi connectivity index (χ0v) is 13.8. The van der Waals surface area contributed by atoms with Gasteiger partial charge in [0.25, 0.3) is 11.6 Å². The van der Waals surface area contributed by atoms with Crippen LogP contribution in [0.15, 0.2) is 36.4 Å². The van der Waals surface area contributed by atoms with Crippen molar-refractivity contribution in [2.75, 3.05) is 5.32 Å². The van der Waals surface area contributed by atoms with Crippen molar-refractivity contribution in [3.05, 3.63) is 68.2 Å². The molecule has 0 saturated heterocycles. The maximum atomic E-state index is 12.4. The van der Waals surface area contributed by atoms with E-state index in [0.717, 1.165) is 16.8 Å². The molecule has 0 bridgehead atoms. The van der Waals surface area contributed by atoms with Crippen molar-refractivity contribution in [1.82, 2.24) is 0 Å². The lowest BCUT2D eigenvalue weighted by molar-refractivity contribution is -0.384. The number of anilines is 1. The minimum absolute atomic E-state index is 0.0588. The maximum Gasteiger partial charge on any atom is 0.287 e. The summed E-state index contributed by atoms with van der Waals surface area (Å²) in [7, 11) is 0. The molecule has 0 aliphatic heterocycles. The second-order valence-corrected chi connectivity index (χ2v) is 5.98. The number of halogens is 1. The fraction of sp³-hybridized carbons (Fsp3) is 0.235. The molecule has 0 atom stereocenters. The molecule has 5 nitrogen and oxygen atoms in total. The molecular weight excluding hydrogens is 316 g/mol. The van der Waals surface area contributed by atoms with Gasteiger partial charge in [-0.05, 0) is 36.1 Å². The number of rotatable bonds is 4. The Kier molecular flexibility index (Phi) is 5.01. The third kappa shape index (κ3) is 3.68. The normalized spacial score (nSPS) is 10.7. The molecule has 0 radical (unpaired) electrons. The minimum atomic E-state index is -0.581.